The fraction of sp³-hybridized carbons (Fsp3) is 0.364. The lowest BCUT2D eigenvalue weighted by molar-refractivity contribution is 0.0934. The van der Waals surface area contributed by atoms with Gasteiger partial charge in [-0.3, -0.25) is 4.79 Å². The van der Waals surface area contributed by atoms with E-state index in [1.807, 2.05) is 6.92 Å². The maximum absolute atomic E-state index is 11.7. The van der Waals surface area contributed by atoms with Crippen molar-refractivity contribution in [1.29, 1.82) is 0 Å². The van der Waals surface area contributed by atoms with Crippen molar-refractivity contribution in [3.05, 3.63) is 28.8 Å². The molecule has 0 heterocycles. The number of anilines is 1. The number of aliphatic hydroxyl groups is 1. The van der Waals surface area contributed by atoms with Crippen LogP contribution < -0.4 is 11.1 Å². The monoisotopic (exact) mass is 242 g/mol. The van der Waals surface area contributed by atoms with Gasteiger partial charge in [0.1, 0.15) is 0 Å². The smallest absolute Gasteiger partial charge is 0.253 e. The predicted octanol–water partition coefficient (Wildman–Crippen LogP) is 1.42. The molecule has 0 aliphatic carbocycles. The van der Waals surface area contributed by atoms with E-state index in [0.717, 1.165) is 0 Å². The third kappa shape index (κ3) is 3.40. The molecule has 88 valence electrons. The number of rotatable bonds is 4. The van der Waals surface area contributed by atoms with Crippen molar-refractivity contribution in [3.63, 3.8) is 0 Å². The van der Waals surface area contributed by atoms with Crippen LogP contribution in [0.1, 0.15) is 23.7 Å². The van der Waals surface area contributed by atoms with Crippen LogP contribution in [0.2, 0.25) is 5.02 Å². The number of benzene rings is 1. The van der Waals surface area contributed by atoms with Crippen LogP contribution in [0.4, 0.5) is 5.69 Å². The van der Waals surface area contributed by atoms with Gasteiger partial charge >= 0.3 is 0 Å². The molecule has 1 aromatic carbocycles. The molecule has 0 radical (unpaired) electrons. The molecule has 0 aliphatic rings. The lowest BCUT2D eigenvalue weighted by Crippen LogP contribution is -2.33. The van der Waals surface area contributed by atoms with E-state index < -0.39 is 0 Å². The molecule has 0 aliphatic heterocycles. The Kier molecular flexibility index (Phi) is 4.58. The number of nitrogens with two attached hydrogens (primary N) is 1. The van der Waals surface area contributed by atoms with Crippen molar-refractivity contribution in [1.82, 2.24) is 5.32 Å². The Morgan fingerprint density at radius 3 is 2.88 bits per heavy atom. The highest BCUT2D eigenvalue weighted by Gasteiger charge is 2.12. The number of hydrogen-bond acceptors (Lipinski definition) is 3. The van der Waals surface area contributed by atoms with Gasteiger partial charge in [0.25, 0.3) is 5.91 Å². The van der Waals surface area contributed by atoms with Crippen LogP contribution in [0, 0.1) is 0 Å². The summed E-state index contributed by atoms with van der Waals surface area (Å²) in [5.74, 6) is -0.258. The van der Waals surface area contributed by atoms with Gasteiger partial charge in [-0.2, -0.15) is 0 Å². The van der Waals surface area contributed by atoms with Crippen molar-refractivity contribution >= 4 is 23.2 Å². The summed E-state index contributed by atoms with van der Waals surface area (Å²) in [6.07, 6.45) is 0.512. The SMILES string of the molecule is CC(CCO)NC(=O)c1ccc(N)cc1Cl. The molecule has 1 atom stereocenters. The average molecular weight is 243 g/mol. The number of carbonyl (C=O) groups is 1. The number of nitrogen functional groups attached to an aromatic ring is 1. The molecule has 0 saturated carbocycles. The van der Waals surface area contributed by atoms with Gasteiger partial charge in [-0.1, -0.05) is 11.6 Å². The second-order valence-electron chi connectivity index (χ2n) is 3.63. The third-order valence-electron chi connectivity index (χ3n) is 2.18. The first-order chi connectivity index (χ1) is 7.54. The minimum Gasteiger partial charge on any atom is -0.399 e. The Bertz CT molecular complexity index is 382. The molecule has 4 nitrogen and oxygen atoms in total. The van der Waals surface area contributed by atoms with Gasteiger partial charge in [0.15, 0.2) is 0 Å². The van der Waals surface area contributed by atoms with Crippen LogP contribution in [-0.2, 0) is 0 Å². The van der Waals surface area contributed by atoms with Crippen molar-refractivity contribution in [2.45, 2.75) is 19.4 Å². The summed E-state index contributed by atoms with van der Waals surface area (Å²) in [6.45, 7) is 1.86. The highest BCUT2D eigenvalue weighted by Crippen LogP contribution is 2.19. The molecule has 4 N–H and O–H groups in total. The summed E-state index contributed by atoms with van der Waals surface area (Å²) in [4.78, 5) is 11.7. The van der Waals surface area contributed by atoms with Crippen LogP contribution in [0.25, 0.3) is 0 Å². The lowest BCUT2D eigenvalue weighted by atomic mass is 10.1. The first kappa shape index (κ1) is 12.8. The normalized spacial score (nSPS) is 12.2. The molecule has 0 saturated heterocycles. The topological polar surface area (TPSA) is 75.3 Å². The second-order valence-corrected chi connectivity index (χ2v) is 4.03. The Morgan fingerprint density at radius 2 is 2.31 bits per heavy atom. The largest absolute Gasteiger partial charge is 0.399 e. The number of amides is 1. The summed E-state index contributed by atoms with van der Waals surface area (Å²) < 4.78 is 0. The van der Waals surface area contributed by atoms with Gasteiger partial charge < -0.3 is 16.2 Å². The van der Waals surface area contributed by atoms with Crippen LogP contribution in [0.3, 0.4) is 0 Å². The fourth-order valence-electron chi connectivity index (χ4n) is 1.28. The number of nitrogens with one attached hydrogen (secondary N) is 1. The second kappa shape index (κ2) is 5.72. The maximum atomic E-state index is 11.7. The summed E-state index contributed by atoms with van der Waals surface area (Å²) in [5.41, 5.74) is 6.44. The van der Waals surface area contributed by atoms with Gasteiger partial charge in [-0.05, 0) is 31.5 Å². The van der Waals surface area contributed by atoms with Gasteiger partial charge in [0, 0.05) is 18.3 Å². The summed E-state index contributed by atoms with van der Waals surface area (Å²) in [5, 5.41) is 11.8. The Morgan fingerprint density at radius 1 is 1.62 bits per heavy atom. The van der Waals surface area contributed by atoms with Gasteiger partial charge in [-0.15, -0.1) is 0 Å². The minimum absolute atomic E-state index is 0.0386. The van der Waals surface area contributed by atoms with Crippen molar-refractivity contribution in [3.8, 4) is 0 Å². The van der Waals surface area contributed by atoms with Gasteiger partial charge in [0.05, 0.1) is 10.6 Å². The quantitative estimate of drug-likeness (QED) is 0.699. The summed E-state index contributed by atoms with van der Waals surface area (Å²) in [7, 11) is 0. The zero-order chi connectivity index (χ0) is 12.1. The number of halogens is 1. The van der Waals surface area contributed by atoms with Gasteiger partial charge in [0.2, 0.25) is 0 Å². The highest BCUT2D eigenvalue weighted by atomic mass is 35.5. The Hall–Kier alpha value is -1.26. The molecule has 1 unspecified atom stereocenters. The maximum Gasteiger partial charge on any atom is 0.253 e. The van der Waals surface area contributed by atoms with Gasteiger partial charge in [-0.25, -0.2) is 0 Å². The van der Waals surface area contributed by atoms with Crippen LogP contribution >= 0.6 is 11.6 Å². The lowest BCUT2D eigenvalue weighted by Gasteiger charge is -2.13. The van der Waals surface area contributed by atoms with E-state index in [1.54, 1.807) is 12.1 Å². The Labute approximate surface area is 99.4 Å². The molecule has 1 rings (SSSR count). The van der Waals surface area contributed by atoms with E-state index >= 15 is 0 Å². The number of aliphatic hydroxyl groups excluding tert-OH is 1. The van der Waals surface area contributed by atoms with E-state index in [9.17, 15) is 4.79 Å². The van der Waals surface area contributed by atoms with Crippen LogP contribution in [0.15, 0.2) is 18.2 Å². The molecular weight excluding hydrogens is 228 g/mol. The van der Waals surface area contributed by atoms with E-state index in [1.165, 1.54) is 6.07 Å². The zero-order valence-corrected chi connectivity index (χ0v) is 9.79. The van der Waals surface area contributed by atoms with Crippen LogP contribution in [0.5, 0.6) is 0 Å². The third-order valence-corrected chi connectivity index (χ3v) is 2.49. The average Bonchev–Trinajstić information content (AvgIpc) is 2.17. The molecule has 0 aromatic heterocycles. The van der Waals surface area contributed by atoms with Crippen molar-refractivity contribution < 1.29 is 9.90 Å². The molecule has 1 aromatic rings. The molecular formula is C11H15ClN2O2. The molecule has 0 fully saturated rings. The van der Waals surface area contributed by atoms with Crippen molar-refractivity contribution in [2.75, 3.05) is 12.3 Å². The first-order valence-electron chi connectivity index (χ1n) is 5.01. The van der Waals surface area contributed by atoms with Crippen LogP contribution in [-0.4, -0.2) is 23.7 Å². The molecule has 0 bridgehead atoms. The molecule has 16 heavy (non-hydrogen) atoms. The molecule has 0 spiro atoms. The van der Waals surface area contributed by atoms with E-state index in [2.05, 4.69) is 5.32 Å². The van der Waals surface area contributed by atoms with E-state index in [0.29, 0.717) is 22.7 Å². The fourth-order valence-corrected chi connectivity index (χ4v) is 1.56. The molecule has 1 amide bonds. The summed E-state index contributed by atoms with van der Waals surface area (Å²) in [6, 6.07) is 4.65. The predicted molar refractivity (Wildman–Crippen MR) is 64.5 cm³/mol. The van der Waals surface area contributed by atoms with E-state index in [-0.39, 0.29) is 18.6 Å². The van der Waals surface area contributed by atoms with E-state index in [4.69, 9.17) is 22.4 Å². The zero-order valence-electron chi connectivity index (χ0n) is 9.03. The highest BCUT2D eigenvalue weighted by molar-refractivity contribution is 6.34. The first-order valence-corrected chi connectivity index (χ1v) is 5.39. The number of carbonyl (C=O) groups excluding carboxylic acids is 1. The molecule has 5 heteroatoms. The number of hydrogen-bond donors (Lipinski definition) is 3. The minimum atomic E-state index is -0.258. The summed E-state index contributed by atoms with van der Waals surface area (Å²) >= 11 is 5.89. The standard InChI is InChI=1S/C11H15ClN2O2/c1-7(4-5-15)14-11(16)9-3-2-8(13)6-10(9)12/h2-3,6-7,15H,4-5,13H2,1H3,(H,14,16). The van der Waals surface area contributed by atoms with Crippen molar-refractivity contribution in [2.24, 2.45) is 0 Å². The Balaban J connectivity index is 2.73.